The summed E-state index contributed by atoms with van der Waals surface area (Å²) in [6.45, 7) is 3.03. The predicted molar refractivity (Wildman–Crippen MR) is 192 cm³/mol. The highest BCUT2D eigenvalue weighted by Crippen LogP contribution is 2.37. The van der Waals surface area contributed by atoms with Gasteiger partial charge in [0.05, 0.1) is 36.0 Å². The number of hydrogen-bond donors (Lipinski definition) is 2. The molecular formula is C37H31N9O6. The van der Waals surface area contributed by atoms with Crippen LogP contribution in [0.4, 0.5) is 21.9 Å². The van der Waals surface area contributed by atoms with E-state index in [0.29, 0.717) is 64.1 Å². The first kappa shape index (κ1) is 32.3. The van der Waals surface area contributed by atoms with Crippen molar-refractivity contribution in [3.05, 3.63) is 88.4 Å². The molecule has 1 saturated heterocycles. The van der Waals surface area contributed by atoms with E-state index >= 15 is 0 Å². The molecule has 0 saturated carbocycles. The molecule has 2 aliphatic heterocycles. The van der Waals surface area contributed by atoms with E-state index in [-0.39, 0.29) is 36.8 Å². The van der Waals surface area contributed by atoms with Gasteiger partial charge in [0.25, 0.3) is 5.91 Å². The lowest BCUT2D eigenvalue weighted by molar-refractivity contribution is -0.120. The molecule has 15 nitrogen and oxygen atoms in total. The highest BCUT2D eigenvalue weighted by Gasteiger charge is 2.27. The van der Waals surface area contributed by atoms with Crippen molar-refractivity contribution in [2.75, 3.05) is 36.0 Å². The molecule has 2 aromatic carbocycles. The minimum absolute atomic E-state index is 0.0205. The molecule has 15 heteroatoms. The lowest BCUT2D eigenvalue weighted by Crippen LogP contribution is -2.49. The number of furan rings is 1. The number of rotatable bonds is 5. The normalized spacial score (nSPS) is 14.1. The average molecular weight is 698 g/mol. The number of fused-ring (bicyclic) bond motifs is 3. The highest BCUT2D eigenvalue weighted by atomic mass is 16.5. The number of amides is 4. The van der Waals surface area contributed by atoms with Crippen molar-refractivity contribution >= 4 is 56.9 Å². The number of pyridine rings is 1. The van der Waals surface area contributed by atoms with E-state index in [1.165, 1.54) is 11.1 Å². The van der Waals surface area contributed by atoms with E-state index in [1.54, 1.807) is 66.7 Å². The first-order chi connectivity index (χ1) is 25.2. The summed E-state index contributed by atoms with van der Waals surface area (Å²) in [5.74, 6) is 6.25. The number of imide groups is 1. The van der Waals surface area contributed by atoms with Crippen LogP contribution in [0.1, 0.15) is 28.2 Å². The number of nitrogens with one attached hydrogen (secondary N) is 2. The molecule has 0 atom stereocenters. The van der Waals surface area contributed by atoms with E-state index in [4.69, 9.17) is 14.1 Å². The molecule has 2 aliphatic rings. The van der Waals surface area contributed by atoms with Gasteiger partial charge in [-0.2, -0.15) is 4.98 Å². The Kier molecular flexibility index (Phi) is 7.91. The summed E-state index contributed by atoms with van der Waals surface area (Å²) >= 11 is 0. The molecule has 4 aromatic heterocycles. The number of hydrogen-bond acceptors (Lipinski definition) is 10. The van der Waals surface area contributed by atoms with E-state index in [2.05, 4.69) is 37.3 Å². The third-order valence-electron chi connectivity index (χ3n) is 9.24. The third-order valence-corrected chi connectivity index (χ3v) is 9.24. The van der Waals surface area contributed by atoms with Gasteiger partial charge in [-0.05, 0) is 54.8 Å². The number of imidazole rings is 1. The molecule has 2 N–H and O–H groups in total. The minimum Gasteiger partial charge on any atom is -0.474 e. The maximum absolute atomic E-state index is 13.2. The van der Waals surface area contributed by atoms with Gasteiger partial charge in [0, 0.05) is 56.0 Å². The Morgan fingerprint density at radius 2 is 1.83 bits per heavy atom. The quantitative estimate of drug-likeness (QED) is 0.254. The van der Waals surface area contributed by atoms with Crippen LogP contribution in [0.25, 0.3) is 33.4 Å². The van der Waals surface area contributed by atoms with Gasteiger partial charge in [0.2, 0.25) is 11.8 Å². The van der Waals surface area contributed by atoms with E-state index in [1.807, 2.05) is 18.2 Å². The molecule has 6 heterocycles. The van der Waals surface area contributed by atoms with Crippen LogP contribution in [0, 0.1) is 18.8 Å². The first-order valence-corrected chi connectivity index (χ1v) is 16.5. The van der Waals surface area contributed by atoms with Crippen LogP contribution in [0.5, 0.6) is 5.88 Å². The molecule has 260 valence electrons. The van der Waals surface area contributed by atoms with Gasteiger partial charge >= 0.3 is 11.7 Å². The summed E-state index contributed by atoms with van der Waals surface area (Å²) in [4.78, 5) is 66.9. The third kappa shape index (κ3) is 5.56. The van der Waals surface area contributed by atoms with Crippen LogP contribution in [0.3, 0.4) is 0 Å². The van der Waals surface area contributed by atoms with Crippen molar-refractivity contribution in [2.24, 2.45) is 14.1 Å². The second-order valence-corrected chi connectivity index (χ2v) is 12.3. The Morgan fingerprint density at radius 3 is 2.67 bits per heavy atom. The van der Waals surface area contributed by atoms with Gasteiger partial charge in [-0.3, -0.25) is 33.9 Å². The molecule has 0 bridgehead atoms. The number of aryl methyl sites for hydroxylation is 2. The number of carbonyl (C=O) groups excluding carboxylic acids is 3. The van der Waals surface area contributed by atoms with E-state index in [0.717, 1.165) is 16.7 Å². The minimum atomic E-state index is -0.487. The van der Waals surface area contributed by atoms with Crippen molar-refractivity contribution in [1.82, 2.24) is 34.7 Å². The standard InChI is InChI=1S/C37H31N9O6/c1-21-24(33-40-20-29-35(42-33)51-17-16-45(29)22-9-10-27-28(18-22)44(3)37(50)43(27)2)11-14-38-32(21)34(48)39-13-5-6-23-19-25-26(7-4-8-30(25)52-23)46-15-12-31(47)41-36(46)49/h4,7-11,14,18-20H,12-13,15-17H2,1-3H3,(H,39,48)(H,41,47,49). The van der Waals surface area contributed by atoms with Crippen LogP contribution in [-0.2, 0) is 18.9 Å². The molecule has 8 rings (SSSR count). The SMILES string of the molecule is Cc1c(-c2ncc3c(n2)OCCN3c2ccc3c(c2)n(C)c(=O)n3C)ccnc1C(=O)NCC#Cc1cc2c(N3CCC(=O)NC3=O)cccc2o1. The number of anilines is 3. The molecule has 0 unspecified atom stereocenters. The van der Waals surface area contributed by atoms with Crippen LogP contribution in [0.2, 0.25) is 0 Å². The summed E-state index contributed by atoms with van der Waals surface area (Å²) in [5.41, 5.74) is 5.69. The summed E-state index contributed by atoms with van der Waals surface area (Å²) in [5, 5.41) is 5.80. The molecule has 0 radical (unpaired) electrons. The van der Waals surface area contributed by atoms with Crippen LogP contribution in [0.15, 0.2) is 70.1 Å². The van der Waals surface area contributed by atoms with E-state index < -0.39 is 11.9 Å². The van der Waals surface area contributed by atoms with Crippen molar-refractivity contribution in [1.29, 1.82) is 0 Å². The number of aromatic nitrogens is 5. The van der Waals surface area contributed by atoms with Crippen LogP contribution >= 0.6 is 0 Å². The molecular weight excluding hydrogens is 666 g/mol. The fourth-order valence-corrected chi connectivity index (χ4v) is 6.55. The Hall–Kier alpha value is -6.95. The van der Waals surface area contributed by atoms with Crippen LogP contribution < -0.4 is 30.9 Å². The summed E-state index contributed by atoms with van der Waals surface area (Å²) in [7, 11) is 3.50. The zero-order chi connectivity index (χ0) is 36.1. The fraction of sp³-hybridized carbons (Fsp3) is 0.216. The van der Waals surface area contributed by atoms with Gasteiger partial charge in [-0.1, -0.05) is 12.0 Å². The maximum atomic E-state index is 13.2. The summed E-state index contributed by atoms with van der Waals surface area (Å²) in [6.07, 6.45) is 3.43. The number of carbonyl (C=O) groups is 3. The first-order valence-electron chi connectivity index (χ1n) is 16.5. The van der Waals surface area contributed by atoms with E-state index in [9.17, 15) is 19.2 Å². The van der Waals surface area contributed by atoms with Gasteiger partial charge in [-0.15, -0.1) is 0 Å². The van der Waals surface area contributed by atoms with Gasteiger partial charge in [0.15, 0.2) is 11.6 Å². The molecule has 4 amide bonds. The van der Waals surface area contributed by atoms with Crippen molar-refractivity contribution in [3.8, 4) is 29.1 Å². The van der Waals surface area contributed by atoms with Crippen molar-refractivity contribution < 1.29 is 23.5 Å². The summed E-state index contributed by atoms with van der Waals surface area (Å²) < 4.78 is 15.1. The molecule has 1 fully saturated rings. The van der Waals surface area contributed by atoms with Crippen molar-refractivity contribution in [2.45, 2.75) is 13.3 Å². The van der Waals surface area contributed by atoms with Crippen molar-refractivity contribution in [3.63, 3.8) is 0 Å². The lowest BCUT2D eigenvalue weighted by atomic mass is 10.1. The number of ether oxygens (including phenoxy) is 1. The molecule has 52 heavy (non-hydrogen) atoms. The number of benzene rings is 2. The highest BCUT2D eigenvalue weighted by molar-refractivity contribution is 6.09. The zero-order valence-electron chi connectivity index (χ0n) is 28.4. The number of nitrogens with zero attached hydrogens (tertiary/aromatic N) is 7. The van der Waals surface area contributed by atoms with Gasteiger partial charge in [-0.25, -0.2) is 14.6 Å². The number of urea groups is 1. The maximum Gasteiger partial charge on any atom is 0.328 e. The van der Waals surface area contributed by atoms with Gasteiger partial charge in [0.1, 0.15) is 23.6 Å². The molecule has 0 aliphatic carbocycles. The monoisotopic (exact) mass is 697 g/mol. The molecule has 0 spiro atoms. The smallest absolute Gasteiger partial charge is 0.328 e. The second kappa shape index (κ2) is 12.7. The predicted octanol–water partition coefficient (Wildman–Crippen LogP) is 3.54. The molecule has 6 aromatic rings. The topological polar surface area (TPSA) is 170 Å². The fourth-order valence-electron chi connectivity index (χ4n) is 6.55. The Bertz CT molecular complexity index is 2590. The average Bonchev–Trinajstić information content (AvgIpc) is 3.67. The Balaban J connectivity index is 0.979. The largest absolute Gasteiger partial charge is 0.474 e. The zero-order valence-corrected chi connectivity index (χ0v) is 28.4. The second-order valence-electron chi connectivity index (χ2n) is 12.3. The Morgan fingerprint density at radius 1 is 0.981 bits per heavy atom. The summed E-state index contributed by atoms with van der Waals surface area (Å²) in [6, 6.07) is 14.2. The lowest BCUT2D eigenvalue weighted by Gasteiger charge is -2.30. The van der Waals surface area contributed by atoms with Crippen LogP contribution in [-0.4, -0.2) is 68.2 Å². The Labute approximate surface area is 295 Å². The van der Waals surface area contributed by atoms with Gasteiger partial charge < -0.3 is 19.4 Å².